The van der Waals surface area contributed by atoms with Crippen LogP contribution in [0.4, 0.5) is 5.82 Å². The van der Waals surface area contributed by atoms with E-state index in [1.165, 1.54) is 0 Å². The average Bonchev–Trinajstić information content (AvgIpc) is 2.83. The van der Waals surface area contributed by atoms with Crippen LogP contribution in [0, 0.1) is 0 Å². The molecule has 2 N–H and O–H groups in total. The number of nitrogens with zero attached hydrogens (tertiary/aromatic N) is 2. The zero-order chi connectivity index (χ0) is 12.1. The number of halogens is 1. The quantitative estimate of drug-likeness (QED) is 0.848. The van der Waals surface area contributed by atoms with Gasteiger partial charge in [0.15, 0.2) is 10.9 Å². The molecular formula is C10H9BrN4OS. The molecule has 0 amide bonds. The highest BCUT2D eigenvalue weighted by Gasteiger charge is 2.00. The Bertz CT molecular complexity index is 486. The van der Waals surface area contributed by atoms with Crippen LogP contribution in [-0.4, -0.2) is 15.1 Å². The van der Waals surface area contributed by atoms with Gasteiger partial charge >= 0.3 is 0 Å². The monoisotopic (exact) mass is 312 g/mol. The second-order valence-electron chi connectivity index (χ2n) is 3.11. The Kier molecular flexibility index (Phi) is 4.05. The topological polar surface area (TPSA) is 63.0 Å². The highest BCUT2D eigenvalue weighted by atomic mass is 79.9. The molecule has 5 nitrogen and oxygen atoms in total. The SMILES string of the molecule is S=C(NCc1ccco1)Nc1cnc(Br)cn1. The number of rotatable bonds is 3. The first-order valence-electron chi connectivity index (χ1n) is 4.79. The van der Waals surface area contributed by atoms with Crippen molar-refractivity contribution in [3.8, 4) is 0 Å². The molecule has 0 fully saturated rings. The van der Waals surface area contributed by atoms with Gasteiger partial charge < -0.3 is 15.1 Å². The van der Waals surface area contributed by atoms with E-state index in [1.807, 2.05) is 12.1 Å². The first kappa shape index (κ1) is 12.0. The molecule has 2 aromatic heterocycles. The molecule has 2 heterocycles. The Labute approximate surface area is 112 Å². The first-order valence-corrected chi connectivity index (χ1v) is 5.99. The standard InChI is InChI=1S/C10H9BrN4OS/c11-8-5-13-9(6-12-8)15-10(17)14-4-7-2-1-3-16-7/h1-3,5-6H,4H2,(H2,13,14,15,17). The smallest absolute Gasteiger partial charge is 0.172 e. The summed E-state index contributed by atoms with van der Waals surface area (Å²) in [5.41, 5.74) is 0. The second-order valence-corrected chi connectivity index (χ2v) is 4.33. The van der Waals surface area contributed by atoms with Crippen LogP contribution in [-0.2, 0) is 6.54 Å². The summed E-state index contributed by atoms with van der Waals surface area (Å²) in [5.74, 6) is 1.40. The number of nitrogens with one attached hydrogen (secondary N) is 2. The summed E-state index contributed by atoms with van der Waals surface area (Å²) in [5, 5.41) is 6.38. The number of hydrogen-bond donors (Lipinski definition) is 2. The molecule has 0 atom stereocenters. The number of aromatic nitrogens is 2. The van der Waals surface area contributed by atoms with Crippen LogP contribution >= 0.6 is 28.1 Å². The van der Waals surface area contributed by atoms with E-state index in [2.05, 4.69) is 36.5 Å². The van der Waals surface area contributed by atoms with Gasteiger partial charge in [-0.1, -0.05) is 0 Å². The Balaban J connectivity index is 1.83. The van der Waals surface area contributed by atoms with Crippen molar-refractivity contribution >= 4 is 39.1 Å². The van der Waals surface area contributed by atoms with Crippen molar-refractivity contribution in [1.82, 2.24) is 15.3 Å². The molecule has 2 rings (SSSR count). The highest BCUT2D eigenvalue weighted by molar-refractivity contribution is 9.10. The lowest BCUT2D eigenvalue weighted by Crippen LogP contribution is -2.28. The Hall–Kier alpha value is -1.47. The van der Waals surface area contributed by atoms with E-state index in [0.717, 1.165) is 5.76 Å². The molecule has 0 aromatic carbocycles. The van der Waals surface area contributed by atoms with Gasteiger partial charge in [-0.25, -0.2) is 9.97 Å². The van der Waals surface area contributed by atoms with E-state index >= 15 is 0 Å². The highest BCUT2D eigenvalue weighted by Crippen LogP contribution is 2.06. The molecule has 17 heavy (non-hydrogen) atoms. The van der Waals surface area contributed by atoms with Gasteiger partial charge in [-0.3, -0.25) is 0 Å². The van der Waals surface area contributed by atoms with E-state index in [1.54, 1.807) is 18.7 Å². The van der Waals surface area contributed by atoms with Gasteiger partial charge in [-0.2, -0.15) is 0 Å². The predicted octanol–water partition coefficient (Wildman–Crippen LogP) is 2.32. The summed E-state index contributed by atoms with van der Waals surface area (Å²) in [7, 11) is 0. The van der Waals surface area contributed by atoms with Crippen LogP contribution in [0.1, 0.15) is 5.76 Å². The molecule has 0 spiro atoms. The molecule has 0 saturated carbocycles. The summed E-state index contributed by atoms with van der Waals surface area (Å²) in [4.78, 5) is 8.12. The summed E-state index contributed by atoms with van der Waals surface area (Å²) >= 11 is 8.30. The third-order valence-corrected chi connectivity index (χ3v) is 2.52. The van der Waals surface area contributed by atoms with Gasteiger partial charge in [0.05, 0.1) is 25.2 Å². The van der Waals surface area contributed by atoms with Gasteiger partial charge in [0.1, 0.15) is 10.4 Å². The van der Waals surface area contributed by atoms with Crippen molar-refractivity contribution in [3.05, 3.63) is 41.2 Å². The molecule has 88 valence electrons. The molecule has 0 aliphatic carbocycles. The van der Waals surface area contributed by atoms with Crippen LogP contribution in [0.15, 0.2) is 39.8 Å². The van der Waals surface area contributed by atoms with Crippen LogP contribution in [0.2, 0.25) is 0 Å². The minimum atomic E-state index is 0.470. The van der Waals surface area contributed by atoms with Crippen LogP contribution < -0.4 is 10.6 Å². The van der Waals surface area contributed by atoms with E-state index in [9.17, 15) is 0 Å². The lowest BCUT2D eigenvalue weighted by atomic mass is 10.4. The summed E-state index contributed by atoms with van der Waals surface area (Å²) in [6.07, 6.45) is 4.80. The van der Waals surface area contributed by atoms with Crippen molar-refractivity contribution in [3.63, 3.8) is 0 Å². The third-order valence-electron chi connectivity index (χ3n) is 1.87. The molecule has 0 aliphatic rings. The summed E-state index contributed by atoms with van der Waals surface area (Å²) in [6, 6.07) is 3.70. The van der Waals surface area contributed by atoms with Gasteiger partial charge in [0, 0.05) is 0 Å². The largest absolute Gasteiger partial charge is 0.467 e. The van der Waals surface area contributed by atoms with E-state index in [4.69, 9.17) is 16.6 Å². The maximum Gasteiger partial charge on any atom is 0.172 e. The number of furan rings is 1. The average molecular weight is 313 g/mol. The van der Waals surface area contributed by atoms with E-state index in [0.29, 0.717) is 22.1 Å². The molecule has 0 unspecified atom stereocenters. The summed E-state index contributed by atoms with van der Waals surface area (Å²) < 4.78 is 5.84. The number of thiocarbonyl (C=S) groups is 1. The fraction of sp³-hybridized carbons (Fsp3) is 0.100. The minimum absolute atomic E-state index is 0.470. The Morgan fingerprint density at radius 2 is 2.29 bits per heavy atom. The maximum atomic E-state index is 5.17. The molecule has 0 radical (unpaired) electrons. The fourth-order valence-electron chi connectivity index (χ4n) is 1.12. The summed E-state index contributed by atoms with van der Waals surface area (Å²) in [6.45, 7) is 0.531. The molecular weight excluding hydrogens is 304 g/mol. The molecule has 0 bridgehead atoms. The number of hydrogen-bond acceptors (Lipinski definition) is 4. The molecule has 0 saturated heterocycles. The second kappa shape index (κ2) is 5.74. The van der Waals surface area contributed by atoms with E-state index in [-0.39, 0.29) is 0 Å². The van der Waals surface area contributed by atoms with Gasteiger partial charge in [-0.15, -0.1) is 0 Å². The zero-order valence-corrected chi connectivity index (χ0v) is 11.1. The number of anilines is 1. The van der Waals surface area contributed by atoms with Crippen molar-refractivity contribution in [2.45, 2.75) is 6.54 Å². The van der Waals surface area contributed by atoms with Crippen molar-refractivity contribution < 1.29 is 4.42 Å². The minimum Gasteiger partial charge on any atom is -0.467 e. The van der Waals surface area contributed by atoms with Gasteiger partial charge in [-0.05, 0) is 40.3 Å². The van der Waals surface area contributed by atoms with E-state index < -0.39 is 0 Å². The zero-order valence-electron chi connectivity index (χ0n) is 8.68. The lowest BCUT2D eigenvalue weighted by Gasteiger charge is -2.07. The molecule has 2 aromatic rings. The predicted molar refractivity (Wildman–Crippen MR) is 71.5 cm³/mol. The van der Waals surface area contributed by atoms with Crippen molar-refractivity contribution in [2.24, 2.45) is 0 Å². The third kappa shape index (κ3) is 3.79. The lowest BCUT2D eigenvalue weighted by molar-refractivity contribution is 0.503. The van der Waals surface area contributed by atoms with Crippen molar-refractivity contribution in [2.75, 3.05) is 5.32 Å². The van der Waals surface area contributed by atoms with Crippen LogP contribution in [0.5, 0.6) is 0 Å². The normalized spacial score (nSPS) is 9.94. The maximum absolute atomic E-state index is 5.17. The fourth-order valence-corrected chi connectivity index (χ4v) is 1.50. The molecule has 0 aliphatic heterocycles. The van der Waals surface area contributed by atoms with Crippen LogP contribution in [0.3, 0.4) is 0 Å². The van der Waals surface area contributed by atoms with Crippen molar-refractivity contribution in [1.29, 1.82) is 0 Å². The van der Waals surface area contributed by atoms with Gasteiger partial charge in [0.25, 0.3) is 0 Å². The van der Waals surface area contributed by atoms with Gasteiger partial charge in [0.2, 0.25) is 0 Å². The molecule has 7 heteroatoms. The Morgan fingerprint density at radius 1 is 1.41 bits per heavy atom. The Morgan fingerprint density at radius 3 is 2.94 bits per heavy atom. The first-order chi connectivity index (χ1) is 8.24. The van der Waals surface area contributed by atoms with Crippen LogP contribution in [0.25, 0.3) is 0 Å².